The Labute approximate surface area is 118 Å². The molecule has 2 atom stereocenters. The molecule has 0 radical (unpaired) electrons. The van der Waals surface area contributed by atoms with Gasteiger partial charge in [0.25, 0.3) is 5.91 Å². The summed E-state index contributed by atoms with van der Waals surface area (Å²) in [6, 6.07) is 8.09. The fourth-order valence-corrected chi connectivity index (χ4v) is 3.16. The maximum atomic E-state index is 12.8. The molecule has 2 unspecified atom stereocenters. The molecule has 3 N–H and O–H groups in total. The molecule has 2 heterocycles. The minimum Gasteiger partial charge on any atom is -0.360 e. The summed E-state index contributed by atoms with van der Waals surface area (Å²) in [5.74, 6) is 0.101. The number of hydrogen-bond acceptors (Lipinski definition) is 2. The van der Waals surface area contributed by atoms with Crippen LogP contribution in [0.25, 0.3) is 10.9 Å². The molecule has 4 heteroatoms. The highest BCUT2D eigenvalue weighted by Gasteiger charge is 2.30. The molecule has 1 aliphatic rings. The van der Waals surface area contributed by atoms with Crippen LogP contribution in [0.1, 0.15) is 36.5 Å². The predicted octanol–water partition coefficient (Wildman–Crippen LogP) is 2.51. The molecule has 1 aromatic heterocycles. The van der Waals surface area contributed by atoms with E-state index in [2.05, 4.69) is 4.98 Å². The summed E-state index contributed by atoms with van der Waals surface area (Å²) in [6.07, 6.45) is 5.05. The van der Waals surface area contributed by atoms with Crippen LogP contribution in [0.15, 0.2) is 30.5 Å². The van der Waals surface area contributed by atoms with Crippen LogP contribution in [-0.2, 0) is 0 Å². The van der Waals surface area contributed by atoms with Gasteiger partial charge in [-0.3, -0.25) is 4.79 Å². The van der Waals surface area contributed by atoms with E-state index in [0.29, 0.717) is 0 Å². The number of amides is 1. The molecule has 20 heavy (non-hydrogen) atoms. The Morgan fingerprint density at radius 1 is 1.40 bits per heavy atom. The van der Waals surface area contributed by atoms with Crippen LogP contribution in [0.2, 0.25) is 0 Å². The number of para-hydroxylation sites is 1. The van der Waals surface area contributed by atoms with Gasteiger partial charge in [0.2, 0.25) is 0 Å². The maximum absolute atomic E-state index is 12.8. The number of H-pyrrole nitrogens is 1. The van der Waals surface area contributed by atoms with Crippen molar-refractivity contribution in [2.24, 2.45) is 5.73 Å². The molecule has 0 saturated carbocycles. The SMILES string of the molecule is CC(N)C1CCCCN1C(=O)c1c[nH]c2ccccc12. The topological polar surface area (TPSA) is 62.1 Å². The van der Waals surface area contributed by atoms with Crippen molar-refractivity contribution in [1.29, 1.82) is 0 Å². The highest BCUT2D eigenvalue weighted by molar-refractivity contribution is 6.06. The number of nitrogens with zero attached hydrogens (tertiary/aromatic N) is 1. The first-order chi connectivity index (χ1) is 9.68. The standard InChI is InChI=1S/C16H21N3O/c1-11(17)15-8-4-5-9-19(15)16(20)13-10-18-14-7-3-2-6-12(13)14/h2-3,6-7,10-11,15,18H,4-5,8-9,17H2,1H3. The van der Waals surface area contributed by atoms with Gasteiger partial charge in [-0.05, 0) is 32.3 Å². The number of carbonyl (C=O) groups is 1. The lowest BCUT2D eigenvalue weighted by Crippen LogP contribution is -2.51. The van der Waals surface area contributed by atoms with Gasteiger partial charge in [0.15, 0.2) is 0 Å². The number of fused-ring (bicyclic) bond motifs is 1. The lowest BCUT2D eigenvalue weighted by Gasteiger charge is -2.38. The van der Waals surface area contributed by atoms with Crippen LogP contribution in [-0.4, -0.2) is 34.4 Å². The number of nitrogens with one attached hydrogen (secondary N) is 1. The number of likely N-dealkylation sites (tertiary alicyclic amines) is 1. The van der Waals surface area contributed by atoms with Gasteiger partial charge in [-0.25, -0.2) is 0 Å². The molecule has 1 aliphatic heterocycles. The van der Waals surface area contributed by atoms with Gasteiger partial charge in [0.05, 0.1) is 5.56 Å². The van der Waals surface area contributed by atoms with E-state index in [1.165, 1.54) is 0 Å². The van der Waals surface area contributed by atoms with E-state index in [0.717, 1.165) is 42.3 Å². The fourth-order valence-electron chi connectivity index (χ4n) is 3.16. The lowest BCUT2D eigenvalue weighted by molar-refractivity contribution is 0.0586. The van der Waals surface area contributed by atoms with Crippen LogP contribution < -0.4 is 5.73 Å². The first-order valence-corrected chi connectivity index (χ1v) is 7.31. The quantitative estimate of drug-likeness (QED) is 0.881. The lowest BCUT2D eigenvalue weighted by atomic mass is 9.96. The van der Waals surface area contributed by atoms with Crippen LogP contribution >= 0.6 is 0 Å². The van der Waals surface area contributed by atoms with Crippen molar-refractivity contribution in [3.63, 3.8) is 0 Å². The Morgan fingerprint density at radius 2 is 2.20 bits per heavy atom. The highest BCUT2D eigenvalue weighted by Crippen LogP contribution is 2.25. The van der Waals surface area contributed by atoms with Crippen LogP contribution in [0, 0.1) is 0 Å². The van der Waals surface area contributed by atoms with E-state index in [4.69, 9.17) is 5.73 Å². The van der Waals surface area contributed by atoms with E-state index < -0.39 is 0 Å². The van der Waals surface area contributed by atoms with Crippen molar-refractivity contribution in [2.75, 3.05) is 6.54 Å². The van der Waals surface area contributed by atoms with Crippen molar-refractivity contribution < 1.29 is 4.79 Å². The summed E-state index contributed by atoms with van der Waals surface area (Å²) in [5, 5.41) is 0.992. The highest BCUT2D eigenvalue weighted by atomic mass is 16.2. The molecule has 3 rings (SSSR count). The molecule has 4 nitrogen and oxygen atoms in total. The number of aromatic amines is 1. The molecule has 0 aliphatic carbocycles. The van der Waals surface area contributed by atoms with Crippen LogP contribution in [0.5, 0.6) is 0 Å². The summed E-state index contributed by atoms with van der Waals surface area (Å²) in [4.78, 5) is 18.0. The number of benzene rings is 1. The Hall–Kier alpha value is -1.81. The zero-order valence-corrected chi connectivity index (χ0v) is 11.8. The average molecular weight is 271 g/mol. The first kappa shape index (κ1) is 13.2. The van der Waals surface area contributed by atoms with Gasteiger partial charge in [0.1, 0.15) is 0 Å². The van der Waals surface area contributed by atoms with Crippen molar-refractivity contribution in [1.82, 2.24) is 9.88 Å². The average Bonchev–Trinajstić information content (AvgIpc) is 2.90. The molecule has 1 amide bonds. The van der Waals surface area contributed by atoms with Gasteiger partial charge in [-0.15, -0.1) is 0 Å². The normalized spacial score (nSPS) is 21.1. The van der Waals surface area contributed by atoms with Gasteiger partial charge < -0.3 is 15.6 Å². The predicted molar refractivity (Wildman–Crippen MR) is 80.6 cm³/mol. The van der Waals surface area contributed by atoms with Crippen molar-refractivity contribution >= 4 is 16.8 Å². The largest absolute Gasteiger partial charge is 0.360 e. The molecule has 106 valence electrons. The maximum Gasteiger partial charge on any atom is 0.256 e. The summed E-state index contributed by atoms with van der Waals surface area (Å²) in [6.45, 7) is 2.80. The number of piperidine rings is 1. The second-order valence-corrected chi connectivity index (χ2v) is 5.67. The van der Waals surface area contributed by atoms with Crippen molar-refractivity contribution in [3.8, 4) is 0 Å². The van der Waals surface area contributed by atoms with Crippen LogP contribution in [0.3, 0.4) is 0 Å². The minimum atomic E-state index is 0.0180. The van der Waals surface area contributed by atoms with Crippen molar-refractivity contribution in [3.05, 3.63) is 36.0 Å². The first-order valence-electron chi connectivity index (χ1n) is 7.31. The molecule has 1 aromatic carbocycles. The Kier molecular flexibility index (Phi) is 3.49. The minimum absolute atomic E-state index is 0.0180. The van der Waals surface area contributed by atoms with E-state index in [-0.39, 0.29) is 18.0 Å². The Bertz CT molecular complexity index is 617. The number of aromatic nitrogens is 1. The molecule has 2 aromatic rings. The third-order valence-corrected chi connectivity index (χ3v) is 4.24. The number of rotatable bonds is 2. The zero-order valence-electron chi connectivity index (χ0n) is 11.8. The third-order valence-electron chi connectivity index (χ3n) is 4.24. The van der Waals surface area contributed by atoms with E-state index in [1.54, 1.807) is 0 Å². The fraction of sp³-hybridized carbons (Fsp3) is 0.438. The molecular formula is C16H21N3O. The van der Waals surface area contributed by atoms with Gasteiger partial charge >= 0.3 is 0 Å². The van der Waals surface area contributed by atoms with E-state index in [1.807, 2.05) is 42.3 Å². The smallest absolute Gasteiger partial charge is 0.256 e. The second kappa shape index (κ2) is 5.29. The molecule has 0 spiro atoms. The summed E-state index contributed by atoms with van der Waals surface area (Å²) in [7, 11) is 0. The van der Waals surface area contributed by atoms with Gasteiger partial charge in [-0.1, -0.05) is 18.2 Å². The Balaban J connectivity index is 1.94. The van der Waals surface area contributed by atoms with Gasteiger partial charge in [0, 0.05) is 35.7 Å². The van der Waals surface area contributed by atoms with Crippen molar-refractivity contribution in [2.45, 2.75) is 38.3 Å². The summed E-state index contributed by atoms with van der Waals surface area (Å²) < 4.78 is 0. The third kappa shape index (κ3) is 2.20. The molecular weight excluding hydrogens is 250 g/mol. The molecule has 1 saturated heterocycles. The number of hydrogen-bond donors (Lipinski definition) is 2. The molecule has 0 bridgehead atoms. The molecule has 1 fully saturated rings. The number of nitrogens with two attached hydrogens (primary N) is 1. The van der Waals surface area contributed by atoms with Gasteiger partial charge in [-0.2, -0.15) is 0 Å². The second-order valence-electron chi connectivity index (χ2n) is 5.67. The summed E-state index contributed by atoms with van der Waals surface area (Å²) >= 11 is 0. The van der Waals surface area contributed by atoms with E-state index >= 15 is 0 Å². The number of carbonyl (C=O) groups excluding carboxylic acids is 1. The zero-order chi connectivity index (χ0) is 14.1. The summed E-state index contributed by atoms with van der Waals surface area (Å²) in [5.41, 5.74) is 7.82. The monoisotopic (exact) mass is 271 g/mol. The van der Waals surface area contributed by atoms with Crippen LogP contribution in [0.4, 0.5) is 0 Å². The van der Waals surface area contributed by atoms with E-state index in [9.17, 15) is 4.79 Å². The Morgan fingerprint density at radius 3 is 3.00 bits per heavy atom.